The van der Waals surface area contributed by atoms with Gasteiger partial charge in [0, 0.05) is 12.1 Å². The summed E-state index contributed by atoms with van der Waals surface area (Å²) in [5.41, 5.74) is -0.0159. The third-order valence-corrected chi connectivity index (χ3v) is 1.06. The van der Waals surface area contributed by atoms with Gasteiger partial charge < -0.3 is 5.11 Å². The molecule has 0 bridgehead atoms. The summed E-state index contributed by atoms with van der Waals surface area (Å²) in [6, 6.07) is 5.04. The quantitative estimate of drug-likeness (QED) is 0.454. The molecule has 1 aromatic carbocycles. The molecule has 0 unspecified atom stereocenters. The van der Waals surface area contributed by atoms with Gasteiger partial charge in [-0.3, -0.25) is 10.1 Å². The van der Waals surface area contributed by atoms with Crippen LogP contribution < -0.4 is 0 Å². The van der Waals surface area contributed by atoms with Crippen LogP contribution in [-0.4, -0.2) is 37.3 Å². The molecule has 4 nitrogen and oxygen atoms in total. The zero-order chi connectivity index (χ0) is 7.56. The van der Waals surface area contributed by atoms with E-state index in [1.807, 2.05) is 0 Å². The first-order chi connectivity index (χ1) is 4.70. The number of benzene rings is 1. The SMILES string of the molecule is O=[N+]([O-])c1ccc(O)cc1.[PbH2]. The first-order valence-electron chi connectivity index (χ1n) is 2.63. The van der Waals surface area contributed by atoms with Crippen LogP contribution >= 0.6 is 0 Å². The van der Waals surface area contributed by atoms with Crippen molar-refractivity contribution in [2.24, 2.45) is 0 Å². The Morgan fingerprint density at radius 1 is 1.27 bits per heavy atom. The van der Waals surface area contributed by atoms with Gasteiger partial charge in [-0.1, -0.05) is 0 Å². The standard InChI is InChI=1S/C6H5NO3.Pb.2H/c8-6-3-1-5(2-4-6)7(9)10;;;/h1-4,8H;;;. The van der Waals surface area contributed by atoms with Gasteiger partial charge >= 0.3 is 27.3 Å². The van der Waals surface area contributed by atoms with E-state index in [1.165, 1.54) is 24.3 Å². The maximum atomic E-state index is 10.0. The van der Waals surface area contributed by atoms with Crippen molar-refractivity contribution in [1.29, 1.82) is 0 Å². The molecule has 0 aliphatic rings. The second-order valence-electron chi connectivity index (χ2n) is 1.77. The minimum atomic E-state index is -0.514. The van der Waals surface area contributed by atoms with Crippen molar-refractivity contribution in [2.75, 3.05) is 0 Å². The fourth-order valence-electron chi connectivity index (χ4n) is 0.574. The van der Waals surface area contributed by atoms with Gasteiger partial charge in [0.15, 0.2) is 0 Å². The van der Waals surface area contributed by atoms with Crippen molar-refractivity contribution < 1.29 is 10.0 Å². The van der Waals surface area contributed by atoms with E-state index < -0.39 is 4.92 Å². The number of nitro groups is 1. The molecule has 11 heavy (non-hydrogen) atoms. The number of rotatable bonds is 1. The van der Waals surface area contributed by atoms with Crippen LogP contribution in [-0.2, 0) is 0 Å². The average Bonchev–Trinajstić information content (AvgIpc) is 1.88. The summed E-state index contributed by atoms with van der Waals surface area (Å²) in [6.07, 6.45) is 0. The van der Waals surface area contributed by atoms with Gasteiger partial charge in [-0.05, 0) is 12.1 Å². The van der Waals surface area contributed by atoms with Crippen molar-refractivity contribution >= 4 is 33.0 Å². The third kappa shape index (κ3) is 2.83. The summed E-state index contributed by atoms with van der Waals surface area (Å²) in [5, 5.41) is 18.8. The predicted octanol–water partition coefficient (Wildman–Crippen LogP) is 0.384. The van der Waals surface area contributed by atoms with Gasteiger partial charge in [0.2, 0.25) is 0 Å². The molecule has 5 heteroatoms. The monoisotopic (exact) mass is 349 g/mol. The van der Waals surface area contributed by atoms with Crippen molar-refractivity contribution in [3.63, 3.8) is 0 Å². The molecule has 0 aromatic heterocycles. The Bertz CT molecular complexity index is 247. The zero-order valence-electron chi connectivity index (χ0n) is 5.73. The Hall–Kier alpha value is -0.658. The number of nitro benzene ring substituents is 1. The molecular formula is C6H7NO3Pb. The van der Waals surface area contributed by atoms with Crippen molar-refractivity contribution in [2.45, 2.75) is 0 Å². The van der Waals surface area contributed by atoms with Gasteiger partial charge in [-0.25, -0.2) is 0 Å². The number of phenolic OH excluding ortho intramolecular Hbond substituents is 1. The normalized spacial score (nSPS) is 8.36. The average molecular weight is 348 g/mol. The van der Waals surface area contributed by atoms with E-state index in [0.29, 0.717) is 0 Å². The predicted molar refractivity (Wildman–Crippen MR) is 43.3 cm³/mol. The summed E-state index contributed by atoms with van der Waals surface area (Å²) in [4.78, 5) is 9.52. The molecule has 0 amide bonds. The number of hydrogen-bond donors (Lipinski definition) is 1. The molecule has 1 aromatic rings. The van der Waals surface area contributed by atoms with Crippen molar-refractivity contribution in [3.8, 4) is 5.75 Å². The molecule has 0 atom stereocenters. The molecule has 2 radical (unpaired) electrons. The Labute approximate surface area is 83.2 Å². The van der Waals surface area contributed by atoms with Gasteiger partial charge in [0.05, 0.1) is 4.92 Å². The van der Waals surface area contributed by atoms with Crippen molar-refractivity contribution in [3.05, 3.63) is 34.4 Å². The number of hydrogen-bond acceptors (Lipinski definition) is 3. The molecule has 0 saturated carbocycles. The molecule has 1 rings (SSSR count). The fraction of sp³-hybridized carbons (Fsp3) is 0. The van der Waals surface area contributed by atoms with Crippen LogP contribution in [0.1, 0.15) is 0 Å². The summed E-state index contributed by atoms with van der Waals surface area (Å²) in [6.45, 7) is 0. The van der Waals surface area contributed by atoms with E-state index in [-0.39, 0.29) is 38.7 Å². The molecule has 0 fully saturated rings. The van der Waals surface area contributed by atoms with E-state index in [4.69, 9.17) is 5.11 Å². The van der Waals surface area contributed by atoms with Gasteiger partial charge in [-0.15, -0.1) is 0 Å². The van der Waals surface area contributed by atoms with Crippen molar-refractivity contribution in [1.82, 2.24) is 0 Å². The summed E-state index contributed by atoms with van der Waals surface area (Å²) in [7, 11) is 0. The van der Waals surface area contributed by atoms with Crippen LogP contribution in [0.5, 0.6) is 5.75 Å². The number of non-ortho nitro benzene ring substituents is 1. The molecular weight excluding hydrogens is 341 g/mol. The molecule has 0 aliphatic heterocycles. The van der Waals surface area contributed by atoms with E-state index in [9.17, 15) is 10.1 Å². The summed E-state index contributed by atoms with van der Waals surface area (Å²) >= 11 is 0. The van der Waals surface area contributed by atoms with E-state index in [2.05, 4.69) is 0 Å². The third-order valence-electron chi connectivity index (χ3n) is 1.06. The van der Waals surface area contributed by atoms with Crippen LogP contribution in [0.2, 0.25) is 0 Å². The van der Waals surface area contributed by atoms with E-state index in [1.54, 1.807) is 0 Å². The molecule has 0 spiro atoms. The summed E-state index contributed by atoms with van der Waals surface area (Å²) in [5.74, 6) is 0.0330. The van der Waals surface area contributed by atoms with Gasteiger partial charge in [-0.2, -0.15) is 0 Å². The first kappa shape index (κ1) is 10.3. The Kier molecular flexibility index (Phi) is 4.01. The van der Waals surface area contributed by atoms with E-state index in [0.717, 1.165) is 0 Å². The Balaban J connectivity index is 0.000001000. The number of phenols is 1. The topological polar surface area (TPSA) is 63.4 Å². The van der Waals surface area contributed by atoms with Gasteiger partial charge in [0.1, 0.15) is 5.75 Å². The van der Waals surface area contributed by atoms with Crippen LogP contribution in [0.4, 0.5) is 5.69 Å². The molecule has 58 valence electrons. The van der Waals surface area contributed by atoms with Crippen LogP contribution in [0.3, 0.4) is 0 Å². The van der Waals surface area contributed by atoms with E-state index >= 15 is 0 Å². The molecule has 0 heterocycles. The second-order valence-corrected chi connectivity index (χ2v) is 1.77. The zero-order valence-corrected chi connectivity index (χ0v) is 11.2. The summed E-state index contributed by atoms with van der Waals surface area (Å²) < 4.78 is 0. The maximum absolute atomic E-state index is 10.0. The minimum absolute atomic E-state index is 0. The number of nitrogens with zero attached hydrogens (tertiary/aromatic N) is 1. The Morgan fingerprint density at radius 2 is 1.73 bits per heavy atom. The molecule has 0 saturated heterocycles. The van der Waals surface area contributed by atoms with Crippen LogP contribution in [0.15, 0.2) is 24.3 Å². The molecule has 0 aliphatic carbocycles. The molecule has 1 N–H and O–H groups in total. The van der Waals surface area contributed by atoms with Gasteiger partial charge in [0.25, 0.3) is 5.69 Å². The van der Waals surface area contributed by atoms with Crippen LogP contribution in [0, 0.1) is 10.1 Å². The fourth-order valence-corrected chi connectivity index (χ4v) is 0.574. The Morgan fingerprint density at radius 3 is 2.09 bits per heavy atom. The van der Waals surface area contributed by atoms with Crippen LogP contribution in [0.25, 0.3) is 0 Å². The first-order valence-corrected chi connectivity index (χ1v) is 2.63. The second kappa shape index (κ2) is 4.27. The number of aromatic hydroxyl groups is 1.